The van der Waals surface area contributed by atoms with Gasteiger partial charge in [0.2, 0.25) is 0 Å². The molecule has 0 spiro atoms. The van der Waals surface area contributed by atoms with E-state index in [1.807, 2.05) is 4.72 Å². The maximum absolute atomic E-state index is 12.3. The number of nitrogens with one attached hydrogen (secondary N) is 1. The molecule has 1 heterocycles. The fourth-order valence-electron chi connectivity index (χ4n) is 2.04. The van der Waals surface area contributed by atoms with Gasteiger partial charge in [-0.3, -0.25) is 4.79 Å². The molecule has 0 aliphatic heterocycles. The van der Waals surface area contributed by atoms with Crippen molar-refractivity contribution in [1.82, 2.24) is 9.88 Å². The van der Waals surface area contributed by atoms with Gasteiger partial charge < -0.3 is 14.0 Å². The molecule has 0 aliphatic carbocycles. The quantitative estimate of drug-likeness (QED) is 0.839. The van der Waals surface area contributed by atoms with E-state index < -0.39 is 22.0 Å². The minimum absolute atomic E-state index is 0.108. The fraction of sp³-hybridized carbons (Fsp3) is 0.333. The highest BCUT2D eigenvalue weighted by Crippen LogP contribution is 2.20. The van der Waals surface area contributed by atoms with E-state index in [9.17, 15) is 13.2 Å². The predicted molar refractivity (Wildman–Crippen MR) is 84.4 cm³/mol. The maximum Gasteiger partial charge on any atom is 0.274 e. The molecule has 2 rings (SSSR count). The van der Waals surface area contributed by atoms with E-state index >= 15 is 0 Å². The SMILES string of the molecule is COc1ccc(O[C@@H](C)C(=O)NS(=O)(=O)c2c(C)noc2C)cc1. The standard InChI is InChI=1S/C15H18N2O6S/c1-9-14(10(2)23-16-9)24(19,20)17-15(18)11(3)22-13-7-5-12(21-4)6-8-13/h5-8,11H,1-4H3,(H,17,18)/t11-/m0/s1. The normalized spacial score (nSPS) is 12.5. The zero-order valence-corrected chi connectivity index (χ0v) is 14.5. The first-order valence-corrected chi connectivity index (χ1v) is 8.53. The highest BCUT2D eigenvalue weighted by Gasteiger charge is 2.28. The molecular formula is C15H18N2O6S. The van der Waals surface area contributed by atoms with Crippen LogP contribution in [-0.2, 0) is 14.8 Å². The lowest BCUT2D eigenvalue weighted by Gasteiger charge is -2.15. The van der Waals surface area contributed by atoms with Crippen LogP contribution < -0.4 is 14.2 Å². The number of hydrogen-bond acceptors (Lipinski definition) is 7. The molecule has 24 heavy (non-hydrogen) atoms. The number of sulfonamides is 1. The molecule has 1 amide bonds. The Balaban J connectivity index is 2.08. The summed E-state index contributed by atoms with van der Waals surface area (Å²) in [6, 6.07) is 6.57. The number of aryl methyl sites for hydroxylation is 2. The molecule has 0 fully saturated rings. The van der Waals surface area contributed by atoms with Crippen LogP contribution in [0, 0.1) is 13.8 Å². The molecule has 0 saturated carbocycles. The molecule has 0 bridgehead atoms. The van der Waals surface area contributed by atoms with Crippen LogP contribution in [0.1, 0.15) is 18.4 Å². The van der Waals surface area contributed by atoms with Crippen molar-refractivity contribution in [3.8, 4) is 11.5 Å². The van der Waals surface area contributed by atoms with Crippen LogP contribution in [0.25, 0.3) is 0 Å². The number of carbonyl (C=O) groups is 1. The molecule has 0 unspecified atom stereocenters. The largest absolute Gasteiger partial charge is 0.497 e. The number of rotatable bonds is 6. The van der Waals surface area contributed by atoms with Gasteiger partial charge >= 0.3 is 0 Å². The Kier molecular flexibility index (Phi) is 5.13. The van der Waals surface area contributed by atoms with Crippen molar-refractivity contribution in [3.05, 3.63) is 35.7 Å². The smallest absolute Gasteiger partial charge is 0.274 e. The number of ether oxygens (including phenoxy) is 2. The van der Waals surface area contributed by atoms with Gasteiger partial charge in [0.25, 0.3) is 15.9 Å². The van der Waals surface area contributed by atoms with Crippen LogP contribution in [0.3, 0.4) is 0 Å². The third-order valence-electron chi connectivity index (χ3n) is 3.21. The van der Waals surface area contributed by atoms with Gasteiger partial charge in [-0.05, 0) is 45.0 Å². The van der Waals surface area contributed by atoms with Gasteiger partial charge in [-0.25, -0.2) is 13.1 Å². The molecule has 1 aromatic carbocycles. The Hall–Kier alpha value is -2.55. The molecule has 1 N–H and O–H groups in total. The summed E-state index contributed by atoms with van der Waals surface area (Å²) in [5.74, 6) is 0.357. The molecule has 1 aromatic heterocycles. The van der Waals surface area contributed by atoms with Crippen molar-refractivity contribution >= 4 is 15.9 Å². The molecule has 1 atom stereocenters. The second-order valence-corrected chi connectivity index (χ2v) is 6.68. The van der Waals surface area contributed by atoms with Gasteiger partial charge in [0.15, 0.2) is 16.8 Å². The lowest BCUT2D eigenvalue weighted by molar-refractivity contribution is -0.125. The van der Waals surface area contributed by atoms with E-state index in [-0.39, 0.29) is 16.3 Å². The first-order chi connectivity index (χ1) is 11.2. The van der Waals surface area contributed by atoms with Gasteiger partial charge in [0, 0.05) is 0 Å². The average molecular weight is 354 g/mol. The Morgan fingerprint density at radius 2 is 1.79 bits per heavy atom. The number of hydrogen-bond donors (Lipinski definition) is 1. The summed E-state index contributed by atoms with van der Waals surface area (Å²) in [5.41, 5.74) is 0.177. The van der Waals surface area contributed by atoms with E-state index in [0.29, 0.717) is 11.5 Å². The van der Waals surface area contributed by atoms with Gasteiger partial charge in [0.1, 0.15) is 17.2 Å². The minimum atomic E-state index is -4.08. The first-order valence-electron chi connectivity index (χ1n) is 7.05. The number of amides is 1. The van der Waals surface area contributed by atoms with E-state index in [1.54, 1.807) is 24.3 Å². The monoisotopic (exact) mass is 354 g/mol. The lowest BCUT2D eigenvalue weighted by Crippen LogP contribution is -2.40. The summed E-state index contributed by atoms with van der Waals surface area (Å²) in [5, 5.41) is 3.57. The molecule has 0 saturated heterocycles. The lowest BCUT2D eigenvalue weighted by atomic mass is 10.3. The molecular weight excluding hydrogens is 336 g/mol. The zero-order valence-electron chi connectivity index (χ0n) is 13.7. The highest BCUT2D eigenvalue weighted by atomic mass is 32.2. The van der Waals surface area contributed by atoms with Crippen LogP contribution in [0.2, 0.25) is 0 Å². The zero-order chi connectivity index (χ0) is 17.9. The Morgan fingerprint density at radius 3 is 2.29 bits per heavy atom. The van der Waals surface area contributed by atoms with Gasteiger partial charge in [0.05, 0.1) is 7.11 Å². The van der Waals surface area contributed by atoms with Crippen LogP contribution in [0.15, 0.2) is 33.7 Å². The molecule has 9 heteroatoms. The third kappa shape index (κ3) is 3.85. The molecule has 8 nitrogen and oxygen atoms in total. The Morgan fingerprint density at radius 1 is 1.21 bits per heavy atom. The average Bonchev–Trinajstić information content (AvgIpc) is 2.87. The summed E-state index contributed by atoms with van der Waals surface area (Å²) in [4.78, 5) is 12.0. The molecule has 0 radical (unpaired) electrons. The topological polar surface area (TPSA) is 108 Å². The van der Waals surface area contributed by atoms with Gasteiger partial charge in [-0.15, -0.1) is 0 Å². The molecule has 0 aliphatic rings. The van der Waals surface area contributed by atoms with Crippen molar-refractivity contribution in [2.24, 2.45) is 0 Å². The van der Waals surface area contributed by atoms with Gasteiger partial charge in [-0.2, -0.15) is 0 Å². The van der Waals surface area contributed by atoms with Crippen molar-refractivity contribution in [2.45, 2.75) is 31.8 Å². The maximum atomic E-state index is 12.3. The molecule has 130 valence electrons. The Bertz CT molecular complexity index is 807. The van der Waals surface area contributed by atoms with Crippen molar-refractivity contribution in [1.29, 1.82) is 0 Å². The second kappa shape index (κ2) is 6.91. The summed E-state index contributed by atoms with van der Waals surface area (Å²) >= 11 is 0. The summed E-state index contributed by atoms with van der Waals surface area (Å²) in [6.07, 6.45) is -1.02. The number of nitrogens with zero attached hydrogens (tertiary/aromatic N) is 1. The summed E-state index contributed by atoms with van der Waals surface area (Å²) in [6.45, 7) is 4.38. The van der Waals surface area contributed by atoms with E-state index in [4.69, 9.17) is 14.0 Å². The second-order valence-electron chi connectivity index (χ2n) is 5.06. The summed E-state index contributed by atoms with van der Waals surface area (Å²) < 4.78 is 41.8. The fourth-order valence-corrected chi connectivity index (χ4v) is 3.41. The third-order valence-corrected chi connectivity index (χ3v) is 4.80. The van der Waals surface area contributed by atoms with Crippen LogP contribution in [-0.4, -0.2) is 32.7 Å². The van der Waals surface area contributed by atoms with Crippen LogP contribution in [0.5, 0.6) is 11.5 Å². The minimum Gasteiger partial charge on any atom is -0.497 e. The van der Waals surface area contributed by atoms with Crippen LogP contribution >= 0.6 is 0 Å². The number of aromatic nitrogens is 1. The van der Waals surface area contributed by atoms with E-state index in [0.717, 1.165) is 0 Å². The highest BCUT2D eigenvalue weighted by molar-refractivity contribution is 7.90. The van der Waals surface area contributed by atoms with E-state index in [1.165, 1.54) is 27.9 Å². The number of carbonyl (C=O) groups excluding carboxylic acids is 1. The van der Waals surface area contributed by atoms with Crippen molar-refractivity contribution in [3.63, 3.8) is 0 Å². The number of benzene rings is 1. The van der Waals surface area contributed by atoms with Crippen molar-refractivity contribution < 1.29 is 27.2 Å². The Labute approximate surface area is 139 Å². The summed E-state index contributed by atoms with van der Waals surface area (Å²) in [7, 11) is -2.55. The number of methoxy groups -OCH3 is 1. The molecule has 2 aromatic rings. The van der Waals surface area contributed by atoms with Gasteiger partial charge in [-0.1, -0.05) is 5.16 Å². The first kappa shape index (κ1) is 17.8. The van der Waals surface area contributed by atoms with E-state index in [2.05, 4.69) is 5.16 Å². The van der Waals surface area contributed by atoms with Crippen molar-refractivity contribution in [2.75, 3.05) is 7.11 Å². The van der Waals surface area contributed by atoms with Crippen LogP contribution in [0.4, 0.5) is 0 Å². The predicted octanol–water partition coefficient (Wildman–Crippen LogP) is 1.57.